The number of benzene rings is 3. The number of halogens is 3. The lowest BCUT2D eigenvalue weighted by Gasteiger charge is -2.12. The quantitative estimate of drug-likeness (QED) is 0.226. The molecule has 1 atom stereocenters. The number of aromatic nitrogens is 1. The van der Waals surface area contributed by atoms with Crippen molar-refractivity contribution in [3.05, 3.63) is 78.2 Å². The van der Waals surface area contributed by atoms with E-state index in [0.29, 0.717) is 29.9 Å². The summed E-state index contributed by atoms with van der Waals surface area (Å²) >= 11 is 0. The van der Waals surface area contributed by atoms with Gasteiger partial charge in [-0.3, -0.25) is 4.79 Å². The van der Waals surface area contributed by atoms with Gasteiger partial charge in [-0.25, -0.2) is 4.39 Å². The average Bonchev–Trinajstić information content (AvgIpc) is 3.20. The van der Waals surface area contributed by atoms with Crippen molar-refractivity contribution in [2.75, 3.05) is 13.1 Å². The van der Waals surface area contributed by atoms with Crippen LogP contribution in [0.15, 0.2) is 66.7 Å². The third-order valence-electron chi connectivity index (χ3n) is 5.64. The maximum Gasteiger partial charge on any atom is 0.268 e. The number of aromatic amines is 1. The van der Waals surface area contributed by atoms with Gasteiger partial charge in [0.25, 0.3) is 5.91 Å². The molecule has 35 heavy (non-hydrogen) atoms. The summed E-state index contributed by atoms with van der Waals surface area (Å²) in [6.45, 7) is 0.885. The predicted octanol–water partition coefficient (Wildman–Crippen LogP) is 4.99. The van der Waals surface area contributed by atoms with Crippen molar-refractivity contribution in [2.24, 2.45) is 11.5 Å². The number of H-pyrrole nitrogens is 1. The summed E-state index contributed by atoms with van der Waals surface area (Å²) in [5.41, 5.74) is 15.9. The normalized spacial score (nSPS) is 11.4. The second-order valence-electron chi connectivity index (χ2n) is 8.09. The van der Waals surface area contributed by atoms with E-state index < -0.39 is 0 Å². The van der Waals surface area contributed by atoms with Crippen LogP contribution in [0.5, 0.6) is 5.75 Å². The molecule has 0 spiro atoms. The van der Waals surface area contributed by atoms with Crippen LogP contribution in [-0.2, 0) is 0 Å². The van der Waals surface area contributed by atoms with E-state index in [4.69, 9.17) is 11.5 Å². The van der Waals surface area contributed by atoms with E-state index in [1.54, 1.807) is 30.3 Å². The number of nitrogens with two attached hydrogens (primary N) is 2. The highest BCUT2D eigenvalue weighted by Crippen LogP contribution is 2.36. The van der Waals surface area contributed by atoms with Gasteiger partial charge < -0.3 is 26.9 Å². The Balaban J connectivity index is 0.00000216. The zero-order valence-corrected chi connectivity index (χ0v) is 20.6. The Labute approximate surface area is 215 Å². The number of rotatable bonds is 8. The molecule has 6 nitrogen and oxygen atoms in total. The molecule has 0 radical (unpaired) electrons. The molecule has 0 aliphatic carbocycles. The summed E-state index contributed by atoms with van der Waals surface area (Å²) in [5, 5.41) is 13.8. The van der Waals surface area contributed by atoms with Gasteiger partial charge in [0, 0.05) is 29.1 Å². The largest absolute Gasteiger partial charge is 0.508 e. The molecule has 4 rings (SSSR count). The standard InChI is InChI=1S/C26H27FN4O2.2ClH/c27-19-9-6-16(7-10-19)17-8-11-23-22(14-17)24(18-3-1-5-21(32)13-18)25(31-23)26(33)30-15-20(29)4-2-12-28;;/h1,3,5-11,13-14,20,31-32H,2,4,12,15,28-29H2,(H,30,33);2*1H/t20-;;/m0../s1. The third-order valence-corrected chi connectivity index (χ3v) is 5.64. The van der Waals surface area contributed by atoms with E-state index >= 15 is 0 Å². The van der Waals surface area contributed by atoms with Crippen LogP contribution in [0, 0.1) is 5.82 Å². The van der Waals surface area contributed by atoms with Crippen molar-refractivity contribution >= 4 is 41.6 Å². The fourth-order valence-electron chi connectivity index (χ4n) is 3.94. The van der Waals surface area contributed by atoms with Crippen LogP contribution < -0.4 is 16.8 Å². The molecule has 0 aliphatic heterocycles. The average molecular weight is 519 g/mol. The zero-order chi connectivity index (χ0) is 23.4. The van der Waals surface area contributed by atoms with Gasteiger partial charge >= 0.3 is 0 Å². The molecule has 1 amide bonds. The summed E-state index contributed by atoms with van der Waals surface area (Å²) < 4.78 is 13.4. The van der Waals surface area contributed by atoms with E-state index in [0.717, 1.165) is 34.9 Å². The molecule has 4 aromatic rings. The molecule has 186 valence electrons. The molecular weight excluding hydrogens is 490 g/mol. The lowest BCUT2D eigenvalue weighted by molar-refractivity contribution is 0.0947. The lowest BCUT2D eigenvalue weighted by atomic mass is 9.98. The van der Waals surface area contributed by atoms with Gasteiger partial charge in [0.1, 0.15) is 17.3 Å². The van der Waals surface area contributed by atoms with Crippen LogP contribution in [0.3, 0.4) is 0 Å². The first-order valence-electron chi connectivity index (χ1n) is 10.9. The molecule has 1 aromatic heterocycles. The number of fused-ring (bicyclic) bond motifs is 1. The van der Waals surface area contributed by atoms with Crippen molar-refractivity contribution in [3.63, 3.8) is 0 Å². The van der Waals surface area contributed by atoms with Crippen LogP contribution in [0.4, 0.5) is 4.39 Å². The number of phenols is 1. The van der Waals surface area contributed by atoms with Crippen LogP contribution in [0.1, 0.15) is 23.3 Å². The highest BCUT2D eigenvalue weighted by atomic mass is 35.5. The van der Waals surface area contributed by atoms with E-state index in [1.807, 2.05) is 24.3 Å². The van der Waals surface area contributed by atoms with Gasteiger partial charge in [-0.15, -0.1) is 24.8 Å². The number of hydrogen-bond donors (Lipinski definition) is 5. The smallest absolute Gasteiger partial charge is 0.268 e. The second kappa shape index (κ2) is 12.6. The monoisotopic (exact) mass is 518 g/mol. The third kappa shape index (κ3) is 6.52. The van der Waals surface area contributed by atoms with Gasteiger partial charge in [-0.05, 0) is 72.5 Å². The van der Waals surface area contributed by atoms with E-state index in [-0.39, 0.29) is 48.3 Å². The molecule has 0 fully saturated rings. The summed E-state index contributed by atoms with van der Waals surface area (Å²) in [5.74, 6) is -0.478. The highest BCUT2D eigenvalue weighted by molar-refractivity contribution is 6.10. The SMILES string of the molecule is Cl.Cl.NCCC[C@H](N)CNC(=O)c1[nH]c2ccc(-c3ccc(F)cc3)cc2c1-c1cccc(O)c1. The minimum Gasteiger partial charge on any atom is -0.508 e. The van der Waals surface area contributed by atoms with Crippen molar-refractivity contribution in [1.82, 2.24) is 10.3 Å². The molecule has 0 unspecified atom stereocenters. The number of nitrogens with one attached hydrogen (secondary N) is 2. The Morgan fingerprint density at radius 1 is 1.00 bits per heavy atom. The van der Waals surface area contributed by atoms with Crippen LogP contribution in [0.25, 0.3) is 33.2 Å². The Bertz CT molecular complexity index is 1280. The van der Waals surface area contributed by atoms with Gasteiger partial charge in [0.2, 0.25) is 0 Å². The first-order valence-corrected chi connectivity index (χ1v) is 10.9. The fourth-order valence-corrected chi connectivity index (χ4v) is 3.94. The Kier molecular flexibility index (Phi) is 10.1. The summed E-state index contributed by atoms with van der Waals surface area (Å²) in [6, 6.07) is 18.6. The molecule has 7 N–H and O–H groups in total. The molecule has 0 aliphatic rings. The molecule has 0 saturated heterocycles. The van der Waals surface area contributed by atoms with E-state index in [9.17, 15) is 14.3 Å². The molecule has 0 saturated carbocycles. The first kappa shape index (κ1) is 28.1. The maximum atomic E-state index is 13.4. The molecule has 1 heterocycles. The molecule has 0 bridgehead atoms. The lowest BCUT2D eigenvalue weighted by Crippen LogP contribution is -2.37. The predicted molar refractivity (Wildman–Crippen MR) is 144 cm³/mol. The topological polar surface area (TPSA) is 117 Å². The van der Waals surface area contributed by atoms with Crippen molar-refractivity contribution in [3.8, 4) is 28.0 Å². The maximum absolute atomic E-state index is 13.4. The number of carbonyl (C=O) groups excluding carboxylic acids is 1. The van der Waals surface area contributed by atoms with Crippen LogP contribution in [-0.4, -0.2) is 35.1 Å². The van der Waals surface area contributed by atoms with Gasteiger partial charge in [-0.1, -0.05) is 30.3 Å². The Morgan fingerprint density at radius 2 is 1.71 bits per heavy atom. The summed E-state index contributed by atoms with van der Waals surface area (Å²) in [4.78, 5) is 16.4. The van der Waals surface area contributed by atoms with E-state index in [2.05, 4.69) is 10.3 Å². The van der Waals surface area contributed by atoms with Crippen molar-refractivity contribution in [2.45, 2.75) is 18.9 Å². The zero-order valence-electron chi connectivity index (χ0n) is 19.0. The minimum atomic E-state index is -0.300. The van der Waals surface area contributed by atoms with Gasteiger partial charge in [0.15, 0.2) is 0 Å². The first-order chi connectivity index (χ1) is 16.0. The Hall–Kier alpha value is -3.10. The Morgan fingerprint density at radius 3 is 2.40 bits per heavy atom. The summed E-state index contributed by atoms with van der Waals surface area (Å²) in [6.07, 6.45) is 1.52. The number of phenolic OH excluding ortho intramolecular Hbond substituents is 1. The van der Waals surface area contributed by atoms with Gasteiger partial charge in [-0.2, -0.15) is 0 Å². The molecular formula is C26H29Cl2FN4O2. The number of carbonyl (C=O) groups is 1. The van der Waals surface area contributed by atoms with Crippen molar-refractivity contribution in [1.29, 1.82) is 0 Å². The summed E-state index contributed by atoms with van der Waals surface area (Å²) in [7, 11) is 0. The molecule has 3 aromatic carbocycles. The minimum absolute atomic E-state index is 0. The fraction of sp³-hybridized carbons (Fsp3) is 0.192. The number of hydrogen-bond acceptors (Lipinski definition) is 4. The molecule has 9 heteroatoms. The second-order valence-corrected chi connectivity index (χ2v) is 8.09. The van der Waals surface area contributed by atoms with Crippen LogP contribution >= 0.6 is 24.8 Å². The van der Waals surface area contributed by atoms with Gasteiger partial charge in [0.05, 0.1) is 0 Å². The van der Waals surface area contributed by atoms with E-state index in [1.165, 1.54) is 12.1 Å². The van der Waals surface area contributed by atoms with Crippen molar-refractivity contribution < 1.29 is 14.3 Å². The number of amides is 1. The van der Waals surface area contributed by atoms with Crippen LogP contribution in [0.2, 0.25) is 0 Å². The number of aromatic hydroxyl groups is 1. The highest BCUT2D eigenvalue weighted by Gasteiger charge is 2.20.